The van der Waals surface area contributed by atoms with Crippen LogP contribution in [0.3, 0.4) is 0 Å². The summed E-state index contributed by atoms with van der Waals surface area (Å²) in [6, 6.07) is 1.95. The number of hydrogen-bond donors (Lipinski definition) is 0. The normalized spacial score (nSPS) is 17.7. The zero-order valence-electron chi connectivity index (χ0n) is 15.8. The van der Waals surface area contributed by atoms with Gasteiger partial charge in [-0.05, 0) is 25.8 Å². The van der Waals surface area contributed by atoms with Gasteiger partial charge in [-0.15, -0.1) is 11.3 Å². The summed E-state index contributed by atoms with van der Waals surface area (Å²) in [6.07, 6.45) is 4.50. The first-order valence-corrected chi connectivity index (χ1v) is 10.3. The van der Waals surface area contributed by atoms with Crippen LogP contribution in [0.2, 0.25) is 0 Å². The van der Waals surface area contributed by atoms with Crippen LogP contribution in [-0.4, -0.2) is 51.2 Å². The van der Waals surface area contributed by atoms with Crippen molar-refractivity contribution in [1.29, 1.82) is 0 Å². The van der Waals surface area contributed by atoms with E-state index in [1.54, 1.807) is 18.3 Å². The molecule has 0 saturated carbocycles. The van der Waals surface area contributed by atoms with E-state index in [4.69, 9.17) is 4.98 Å². The summed E-state index contributed by atoms with van der Waals surface area (Å²) >= 11 is 1.61. The van der Waals surface area contributed by atoms with Crippen molar-refractivity contribution < 1.29 is 9.59 Å². The van der Waals surface area contributed by atoms with Gasteiger partial charge in [-0.2, -0.15) is 0 Å². The molecule has 4 rings (SSSR count). The molecule has 0 radical (unpaired) electrons. The van der Waals surface area contributed by atoms with Gasteiger partial charge in [0.25, 0.3) is 5.91 Å². The molecule has 2 amide bonds. The molecule has 0 unspecified atom stereocenters. The summed E-state index contributed by atoms with van der Waals surface area (Å²) in [6.45, 7) is 6.47. The number of piperidine rings is 1. The molecule has 2 aliphatic rings. The highest BCUT2D eigenvalue weighted by molar-refractivity contribution is 7.10. The number of aromatic nitrogens is 2. The maximum atomic E-state index is 12.7. The topological polar surface area (TPSA) is 66.4 Å². The molecule has 0 atom stereocenters. The molecule has 0 N–H and O–H groups in total. The van der Waals surface area contributed by atoms with Crippen LogP contribution >= 0.6 is 11.3 Å². The minimum absolute atomic E-state index is 0.0886. The fourth-order valence-corrected chi connectivity index (χ4v) is 4.57. The number of rotatable bonds is 2. The van der Waals surface area contributed by atoms with E-state index in [2.05, 4.69) is 4.98 Å². The number of nitrogens with zero attached hydrogens (tertiary/aromatic N) is 4. The Morgan fingerprint density at radius 2 is 1.96 bits per heavy atom. The molecule has 0 aliphatic carbocycles. The molecule has 0 aromatic carbocycles. The van der Waals surface area contributed by atoms with Gasteiger partial charge in [0, 0.05) is 67.5 Å². The van der Waals surface area contributed by atoms with Gasteiger partial charge in [0.05, 0.1) is 11.3 Å². The third-order valence-electron chi connectivity index (χ3n) is 5.52. The van der Waals surface area contributed by atoms with Crippen molar-refractivity contribution in [2.75, 3.05) is 19.6 Å². The Balaban J connectivity index is 1.44. The molecular weight excluding hydrogens is 360 g/mol. The SMILES string of the molecule is CC(=O)N1CCC(c2ncc3c(n2)CCN(C(=O)c2csc(C)c2)C3)CC1. The van der Waals surface area contributed by atoms with Crippen molar-refractivity contribution in [3.63, 3.8) is 0 Å². The Morgan fingerprint density at radius 3 is 2.63 bits per heavy atom. The summed E-state index contributed by atoms with van der Waals surface area (Å²) in [7, 11) is 0. The lowest BCUT2D eigenvalue weighted by Crippen LogP contribution is -2.38. The van der Waals surface area contributed by atoms with Gasteiger partial charge >= 0.3 is 0 Å². The van der Waals surface area contributed by atoms with E-state index >= 15 is 0 Å². The molecule has 27 heavy (non-hydrogen) atoms. The number of hydrogen-bond acceptors (Lipinski definition) is 5. The molecular formula is C20H24N4O2S. The quantitative estimate of drug-likeness (QED) is 0.799. The molecule has 1 saturated heterocycles. The zero-order valence-corrected chi connectivity index (χ0v) is 16.6. The second kappa shape index (κ2) is 7.38. The van der Waals surface area contributed by atoms with Crippen molar-refractivity contribution in [1.82, 2.24) is 19.8 Å². The highest BCUT2D eigenvalue weighted by Gasteiger charge is 2.27. The Hall–Kier alpha value is -2.28. The Morgan fingerprint density at radius 1 is 1.19 bits per heavy atom. The van der Waals surface area contributed by atoms with Crippen LogP contribution in [0.1, 0.15) is 58.0 Å². The number of aryl methyl sites for hydroxylation is 1. The van der Waals surface area contributed by atoms with Gasteiger partial charge in [0.1, 0.15) is 5.82 Å². The van der Waals surface area contributed by atoms with Crippen molar-refractivity contribution in [3.05, 3.63) is 45.2 Å². The first kappa shape index (κ1) is 18.1. The molecule has 2 aliphatic heterocycles. The third-order valence-corrected chi connectivity index (χ3v) is 6.38. The van der Waals surface area contributed by atoms with Gasteiger partial charge in [-0.3, -0.25) is 9.59 Å². The summed E-state index contributed by atoms with van der Waals surface area (Å²) in [5.41, 5.74) is 2.89. The van der Waals surface area contributed by atoms with E-state index in [1.165, 1.54) is 0 Å². The Kier molecular flexibility index (Phi) is 4.95. The summed E-state index contributed by atoms with van der Waals surface area (Å²) in [4.78, 5) is 38.5. The van der Waals surface area contributed by atoms with Crippen LogP contribution in [0.25, 0.3) is 0 Å². The number of likely N-dealkylation sites (tertiary alicyclic amines) is 1. The Labute approximate surface area is 163 Å². The second-order valence-electron chi connectivity index (χ2n) is 7.40. The molecule has 4 heterocycles. The molecule has 2 aromatic heterocycles. The van der Waals surface area contributed by atoms with Crippen LogP contribution in [0, 0.1) is 6.92 Å². The molecule has 7 heteroatoms. The fraction of sp³-hybridized carbons (Fsp3) is 0.500. The highest BCUT2D eigenvalue weighted by atomic mass is 32.1. The van der Waals surface area contributed by atoms with Crippen molar-refractivity contribution >= 4 is 23.2 Å². The molecule has 0 spiro atoms. The molecule has 142 valence electrons. The van der Waals surface area contributed by atoms with E-state index in [0.717, 1.165) is 59.9 Å². The van der Waals surface area contributed by atoms with Gasteiger partial charge < -0.3 is 9.80 Å². The monoisotopic (exact) mass is 384 g/mol. The minimum atomic E-state index is 0.0886. The predicted octanol–water partition coefficient (Wildman–Crippen LogP) is 2.77. The van der Waals surface area contributed by atoms with Gasteiger partial charge in [0.2, 0.25) is 5.91 Å². The average Bonchev–Trinajstić information content (AvgIpc) is 3.13. The number of carbonyl (C=O) groups excluding carboxylic acids is 2. The van der Waals surface area contributed by atoms with Crippen LogP contribution in [0.4, 0.5) is 0 Å². The van der Waals surface area contributed by atoms with Crippen LogP contribution < -0.4 is 0 Å². The zero-order chi connectivity index (χ0) is 19.0. The lowest BCUT2D eigenvalue weighted by atomic mass is 9.95. The molecule has 6 nitrogen and oxygen atoms in total. The first-order valence-electron chi connectivity index (χ1n) is 9.46. The van der Waals surface area contributed by atoms with Gasteiger partial charge in [-0.1, -0.05) is 0 Å². The first-order chi connectivity index (χ1) is 13.0. The van der Waals surface area contributed by atoms with E-state index in [0.29, 0.717) is 19.0 Å². The lowest BCUT2D eigenvalue weighted by molar-refractivity contribution is -0.129. The van der Waals surface area contributed by atoms with Gasteiger partial charge in [0.15, 0.2) is 0 Å². The van der Waals surface area contributed by atoms with E-state index in [1.807, 2.05) is 34.4 Å². The lowest BCUT2D eigenvalue weighted by Gasteiger charge is -2.32. The number of thiophene rings is 1. The standard InChI is InChI=1S/C20H24N4O2S/c1-13-9-16(12-27-13)20(26)24-8-5-18-17(11-24)10-21-19(22-18)15-3-6-23(7-4-15)14(2)25/h9-10,12,15H,3-8,11H2,1-2H3. The van der Waals surface area contributed by atoms with E-state index in [-0.39, 0.29) is 11.8 Å². The smallest absolute Gasteiger partial charge is 0.255 e. The van der Waals surface area contributed by atoms with E-state index < -0.39 is 0 Å². The van der Waals surface area contributed by atoms with Crippen LogP contribution in [0.15, 0.2) is 17.6 Å². The van der Waals surface area contributed by atoms with Crippen LogP contribution in [0.5, 0.6) is 0 Å². The van der Waals surface area contributed by atoms with Crippen molar-refractivity contribution in [2.24, 2.45) is 0 Å². The van der Waals surface area contributed by atoms with Gasteiger partial charge in [-0.25, -0.2) is 9.97 Å². The van der Waals surface area contributed by atoms with Crippen molar-refractivity contribution in [3.8, 4) is 0 Å². The van der Waals surface area contributed by atoms with Crippen molar-refractivity contribution in [2.45, 2.75) is 45.6 Å². The maximum Gasteiger partial charge on any atom is 0.255 e. The molecule has 2 aromatic rings. The highest BCUT2D eigenvalue weighted by Crippen LogP contribution is 2.27. The van der Waals surface area contributed by atoms with Crippen LogP contribution in [-0.2, 0) is 17.8 Å². The Bertz CT molecular complexity index is 871. The fourth-order valence-electron chi connectivity index (χ4n) is 3.89. The summed E-state index contributed by atoms with van der Waals surface area (Å²) in [5.74, 6) is 1.44. The number of amides is 2. The maximum absolute atomic E-state index is 12.7. The molecule has 0 bridgehead atoms. The minimum Gasteiger partial charge on any atom is -0.343 e. The summed E-state index contributed by atoms with van der Waals surface area (Å²) < 4.78 is 0. The second-order valence-corrected chi connectivity index (χ2v) is 8.52. The predicted molar refractivity (Wildman–Crippen MR) is 104 cm³/mol. The third kappa shape index (κ3) is 3.74. The molecule has 1 fully saturated rings. The largest absolute Gasteiger partial charge is 0.343 e. The number of fused-ring (bicyclic) bond motifs is 1. The summed E-state index contributed by atoms with van der Waals surface area (Å²) in [5, 5.41) is 1.93. The van der Waals surface area contributed by atoms with E-state index in [9.17, 15) is 9.59 Å². The average molecular weight is 385 g/mol. The number of carbonyl (C=O) groups is 2.